The maximum atomic E-state index is 5.59. The maximum Gasteiger partial charge on any atom is 0.145 e. The molecule has 0 bridgehead atoms. The molecule has 12 heavy (non-hydrogen) atoms. The van der Waals surface area contributed by atoms with Gasteiger partial charge in [-0.15, -0.1) is 0 Å². The molecule has 1 aromatic rings. The van der Waals surface area contributed by atoms with E-state index in [0.29, 0.717) is 12.3 Å². The molecule has 1 aromatic carbocycles. The molecule has 2 rings (SSSR count). The average Bonchev–Trinajstić information content (AvgIpc) is 2.05. The zero-order chi connectivity index (χ0) is 8.55. The molecule has 0 aliphatic carbocycles. The summed E-state index contributed by atoms with van der Waals surface area (Å²) in [6.45, 7) is 4.28. The molecule has 0 unspecified atom stereocenters. The van der Waals surface area contributed by atoms with E-state index in [1.807, 2.05) is 12.1 Å². The van der Waals surface area contributed by atoms with Crippen LogP contribution in [0.25, 0.3) is 0 Å². The molecule has 0 aromatic heterocycles. The van der Waals surface area contributed by atoms with Crippen molar-refractivity contribution < 1.29 is 4.74 Å². The molecule has 0 atom stereocenters. The topological polar surface area (TPSA) is 47.3 Å². The van der Waals surface area contributed by atoms with Gasteiger partial charge in [0, 0.05) is 17.5 Å². The first kappa shape index (κ1) is 7.03. The fourth-order valence-electron chi connectivity index (χ4n) is 1.15. The Labute approximate surface area is 70.8 Å². The van der Waals surface area contributed by atoms with Crippen LogP contribution in [0.5, 0.6) is 5.75 Å². The predicted octanol–water partition coefficient (Wildman–Crippen LogP) is 1.59. The second-order valence-corrected chi connectivity index (χ2v) is 2.77. The summed E-state index contributed by atoms with van der Waals surface area (Å²) in [4.78, 5) is 0. The summed E-state index contributed by atoms with van der Waals surface area (Å²) in [5, 5.41) is 3.11. The van der Waals surface area contributed by atoms with Crippen molar-refractivity contribution in [2.24, 2.45) is 0 Å². The van der Waals surface area contributed by atoms with Gasteiger partial charge in [0.25, 0.3) is 0 Å². The third-order valence-electron chi connectivity index (χ3n) is 1.72. The average molecular weight is 162 g/mol. The molecule has 1 heterocycles. The summed E-state index contributed by atoms with van der Waals surface area (Å²) < 4.78 is 5.37. The molecule has 62 valence electrons. The minimum absolute atomic E-state index is 0.510. The van der Waals surface area contributed by atoms with Crippen molar-refractivity contribution in [1.29, 1.82) is 0 Å². The van der Waals surface area contributed by atoms with E-state index in [9.17, 15) is 0 Å². The van der Waals surface area contributed by atoms with Crippen molar-refractivity contribution >= 4 is 11.4 Å². The fraction of sp³-hybridized carbons (Fsp3) is 0.111. The van der Waals surface area contributed by atoms with Gasteiger partial charge in [0.15, 0.2) is 0 Å². The lowest BCUT2D eigenvalue weighted by Crippen LogP contribution is -2.15. The smallest absolute Gasteiger partial charge is 0.145 e. The second-order valence-electron chi connectivity index (χ2n) is 2.77. The zero-order valence-corrected chi connectivity index (χ0v) is 6.63. The second kappa shape index (κ2) is 2.44. The lowest BCUT2D eigenvalue weighted by molar-refractivity contribution is 0.347. The normalized spacial score (nSPS) is 14.5. The van der Waals surface area contributed by atoms with Crippen molar-refractivity contribution in [3.05, 3.63) is 30.5 Å². The number of hydrogen-bond acceptors (Lipinski definition) is 3. The van der Waals surface area contributed by atoms with Crippen molar-refractivity contribution in [2.45, 2.75) is 0 Å². The highest BCUT2D eigenvalue weighted by Gasteiger charge is 2.10. The van der Waals surface area contributed by atoms with Crippen LogP contribution < -0.4 is 15.8 Å². The molecular weight excluding hydrogens is 152 g/mol. The first-order valence-corrected chi connectivity index (χ1v) is 3.73. The van der Waals surface area contributed by atoms with E-state index in [-0.39, 0.29) is 0 Å². The number of ether oxygens (including phenoxy) is 1. The number of nitrogens with two attached hydrogens (primary N) is 1. The summed E-state index contributed by atoms with van der Waals surface area (Å²) >= 11 is 0. The Bertz CT molecular complexity index is 333. The molecule has 0 spiro atoms. The van der Waals surface area contributed by atoms with Crippen molar-refractivity contribution in [3.8, 4) is 5.75 Å². The Balaban J connectivity index is 2.43. The van der Waals surface area contributed by atoms with Gasteiger partial charge in [0.05, 0.1) is 5.69 Å². The molecular formula is C9H10N2O. The van der Waals surface area contributed by atoms with Crippen LogP contribution in [0, 0.1) is 0 Å². The highest BCUT2D eigenvalue weighted by Crippen LogP contribution is 2.30. The standard InChI is InChI=1S/C9H10N2O/c1-6-5-12-9-4-7(10)2-3-8(9)11-6/h2-4,11H,1,5,10H2. The van der Waals surface area contributed by atoms with E-state index in [4.69, 9.17) is 10.5 Å². The third-order valence-corrected chi connectivity index (χ3v) is 1.72. The summed E-state index contributed by atoms with van der Waals surface area (Å²) in [7, 11) is 0. The Morgan fingerprint density at radius 1 is 1.50 bits per heavy atom. The van der Waals surface area contributed by atoms with Crippen LogP contribution in [0.15, 0.2) is 30.5 Å². The van der Waals surface area contributed by atoms with Gasteiger partial charge in [-0.05, 0) is 12.1 Å². The molecule has 0 fully saturated rings. The van der Waals surface area contributed by atoms with Crippen LogP contribution in [0.3, 0.4) is 0 Å². The monoisotopic (exact) mass is 162 g/mol. The number of rotatable bonds is 0. The fourth-order valence-corrected chi connectivity index (χ4v) is 1.15. The summed E-state index contributed by atoms with van der Waals surface area (Å²) in [6.07, 6.45) is 0. The Kier molecular flexibility index (Phi) is 1.43. The maximum absolute atomic E-state index is 5.59. The largest absolute Gasteiger partial charge is 0.485 e. The van der Waals surface area contributed by atoms with Crippen LogP contribution in [0.1, 0.15) is 0 Å². The van der Waals surface area contributed by atoms with Gasteiger partial charge in [-0.2, -0.15) is 0 Å². The Morgan fingerprint density at radius 2 is 2.33 bits per heavy atom. The number of nitrogen functional groups attached to an aromatic ring is 1. The van der Waals surface area contributed by atoms with Gasteiger partial charge in [0.2, 0.25) is 0 Å². The Morgan fingerprint density at radius 3 is 3.17 bits per heavy atom. The van der Waals surface area contributed by atoms with E-state index in [0.717, 1.165) is 17.1 Å². The molecule has 0 saturated heterocycles. The summed E-state index contributed by atoms with van der Waals surface area (Å²) in [5.41, 5.74) is 8.10. The van der Waals surface area contributed by atoms with Crippen LogP contribution in [-0.4, -0.2) is 6.61 Å². The highest BCUT2D eigenvalue weighted by molar-refractivity contribution is 5.65. The molecule has 3 N–H and O–H groups in total. The van der Waals surface area contributed by atoms with Gasteiger partial charge >= 0.3 is 0 Å². The summed E-state index contributed by atoms with van der Waals surface area (Å²) in [5.74, 6) is 0.794. The van der Waals surface area contributed by atoms with Crippen LogP contribution in [0.4, 0.5) is 11.4 Å². The molecule has 0 radical (unpaired) electrons. The quantitative estimate of drug-likeness (QED) is 0.569. The van der Waals surface area contributed by atoms with E-state index in [2.05, 4.69) is 11.9 Å². The number of benzene rings is 1. The minimum atomic E-state index is 0.510. The van der Waals surface area contributed by atoms with Crippen molar-refractivity contribution in [1.82, 2.24) is 0 Å². The van der Waals surface area contributed by atoms with Gasteiger partial charge in [-0.3, -0.25) is 0 Å². The zero-order valence-electron chi connectivity index (χ0n) is 6.63. The van der Waals surface area contributed by atoms with Crippen molar-refractivity contribution in [3.63, 3.8) is 0 Å². The van der Waals surface area contributed by atoms with Gasteiger partial charge < -0.3 is 15.8 Å². The van der Waals surface area contributed by atoms with E-state index in [1.165, 1.54) is 0 Å². The SMILES string of the molecule is C=C1COc2cc(N)ccc2N1. The lowest BCUT2D eigenvalue weighted by Gasteiger charge is -2.20. The molecule has 1 aliphatic heterocycles. The molecule has 1 aliphatic rings. The number of anilines is 2. The highest BCUT2D eigenvalue weighted by atomic mass is 16.5. The van der Waals surface area contributed by atoms with Crippen LogP contribution in [-0.2, 0) is 0 Å². The van der Waals surface area contributed by atoms with Gasteiger partial charge in [-0.25, -0.2) is 0 Å². The van der Waals surface area contributed by atoms with E-state index < -0.39 is 0 Å². The van der Waals surface area contributed by atoms with E-state index >= 15 is 0 Å². The number of hydrogen-bond donors (Lipinski definition) is 2. The molecule has 0 amide bonds. The third kappa shape index (κ3) is 1.09. The van der Waals surface area contributed by atoms with Crippen LogP contribution >= 0.6 is 0 Å². The first-order chi connectivity index (χ1) is 5.75. The molecule has 0 saturated carbocycles. The minimum Gasteiger partial charge on any atom is -0.485 e. The summed E-state index contributed by atoms with van der Waals surface area (Å²) in [6, 6.07) is 5.51. The molecule has 3 heteroatoms. The number of nitrogens with one attached hydrogen (secondary N) is 1. The first-order valence-electron chi connectivity index (χ1n) is 3.73. The lowest BCUT2D eigenvalue weighted by atomic mass is 10.2. The van der Waals surface area contributed by atoms with Crippen LogP contribution in [0.2, 0.25) is 0 Å². The van der Waals surface area contributed by atoms with Gasteiger partial charge in [-0.1, -0.05) is 6.58 Å². The van der Waals surface area contributed by atoms with Crippen molar-refractivity contribution in [2.75, 3.05) is 17.7 Å². The van der Waals surface area contributed by atoms with E-state index in [1.54, 1.807) is 6.07 Å². The van der Waals surface area contributed by atoms with Gasteiger partial charge in [0.1, 0.15) is 12.4 Å². The number of fused-ring (bicyclic) bond motifs is 1. The predicted molar refractivity (Wildman–Crippen MR) is 49.1 cm³/mol. The molecule has 3 nitrogen and oxygen atoms in total. The Hall–Kier alpha value is -1.64.